The molecule has 1 amide bonds. The number of carbonyl (C=O) groups is 1. The highest BCUT2D eigenvalue weighted by molar-refractivity contribution is 5.98. The molecule has 0 bridgehead atoms. The van der Waals surface area contributed by atoms with Crippen LogP contribution in [0, 0.1) is 18.6 Å². The van der Waals surface area contributed by atoms with E-state index < -0.39 is 0 Å². The molecule has 0 N–H and O–H groups in total. The van der Waals surface area contributed by atoms with Crippen molar-refractivity contribution in [1.29, 1.82) is 0 Å². The van der Waals surface area contributed by atoms with E-state index in [-0.39, 0.29) is 23.3 Å². The first-order valence-corrected chi connectivity index (χ1v) is 9.85. The summed E-state index contributed by atoms with van der Waals surface area (Å²) in [7, 11) is 1.44. The summed E-state index contributed by atoms with van der Waals surface area (Å²) in [4.78, 5) is 21.4. The maximum absolute atomic E-state index is 13.9. The minimum Gasteiger partial charge on any atom is -0.494 e. The third-order valence-corrected chi connectivity index (χ3v) is 5.48. The highest BCUT2D eigenvalue weighted by Gasteiger charge is 2.24. The molecule has 156 valence electrons. The lowest BCUT2D eigenvalue weighted by Gasteiger charge is -2.35. The maximum Gasteiger partial charge on any atom is 0.255 e. The molecule has 0 unspecified atom stereocenters. The Hall–Kier alpha value is -3.06. The zero-order chi connectivity index (χ0) is 21.3. The second-order valence-electron chi connectivity index (χ2n) is 7.50. The molecule has 2 heterocycles. The highest BCUT2D eigenvalue weighted by atomic mass is 19.1. The number of nitrogens with zero attached hydrogens (tertiary/aromatic N) is 3. The maximum atomic E-state index is 13.9. The minimum atomic E-state index is -0.372. The SMILES string of the molecule is COc1ccc(CN2CCN(C(=O)c3cc4ccc(F)cc4nc3C)CC2)cc1F. The van der Waals surface area contributed by atoms with Gasteiger partial charge >= 0.3 is 0 Å². The number of hydrogen-bond acceptors (Lipinski definition) is 4. The molecular formula is C23H23F2N3O2. The number of ether oxygens (including phenoxy) is 1. The topological polar surface area (TPSA) is 45.7 Å². The first-order chi connectivity index (χ1) is 14.4. The van der Waals surface area contributed by atoms with E-state index in [4.69, 9.17) is 4.74 Å². The molecule has 4 rings (SSSR count). The Morgan fingerprint density at radius 1 is 1.07 bits per heavy atom. The number of carbonyl (C=O) groups excluding carboxylic acids is 1. The lowest BCUT2D eigenvalue weighted by atomic mass is 10.1. The lowest BCUT2D eigenvalue weighted by molar-refractivity contribution is 0.0627. The summed E-state index contributed by atoms with van der Waals surface area (Å²) in [6, 6.07) is 11.1. The second-order valence-corrected chi connectivity index (χ2v) is 7.50. The number of aryl methyl sites for hydroxylation is 1. The Morgan fingerprint density at radius 2 is 1.83 bits per heavy atom. The summed E-state index contributed by atoms with van der Waals surface area (Å²) in [5.41, 5.74) is 2.55. The summed E-state index contributed by atoms with van der Waals surface area (Å²) in [5.74, 6) is -0.554. The molecule has 1 saturated heterocycles. The monoisotopic (exact) mass is 411 g/mol. The van der Waals surface area contributed by atoms with Crippen molar-refractivity contribution in [2.45, 2.75) is 13.5 Å². The fourth-order valence-corrected chi connectivity index (χ4v) is 3.80. The number of methoxy groups -OCH3 is 1. The average molecular weight is 411 g/mol. The van der Waals surface area contributed by atoms with Crippen molar-refractivity contribution in [3.05, 3.63) is 70.9 Å². The highest BCUT2D eigenvalue weighted by Crippen LogP contribution is 2.21. The fraction of sp³-hybridized carbons (Fsp3) is 0.304. The summed E-state index contributed by atoms with van der Waals surface area (Å²) >= 11 is 0. The normalized spacial score (nSPS) is 14.9. The van der Waals surface area contributed by atoms with Crippen LogP contribution in [0.2, 0.25) is 0 Å². The molecule has 0 saturated carbocycles. The lowest BCUT2D eigenvalue weighted by Crippen LogP contribution is -2.48. The average Bonchev–Trinajstić information content (AvgIpc) is 2.73. The molecule has 1 aliphatic rings. The molecule has 1 fully saturated rings. The van der Waals surface area contributed by atoms with Crippen LogP contribution in [0.15, 0.2) is 42.5 Å². The van der Waals surface area contributed by atoms with Crippen molar-refractivity contribution in [2.24, 2.45) is 0 Å². The van der Waals surface area contributed by atoms with Gasteiger partial charge in [0.25, 0.3) is 5.91 Å². The van der Waals surface area contributed by atoms with Gasteiger partial charge < -0.3 is 9.64 Å². The van der Waals surface area contributed by atoms with Gasteiger partial charge in [-0.15, -0.1) is 0 Å². The van der Waals surface area contributed by atoms with Crippen LogP contribution in [0.4, 0.5) is 8.78 Å². The van der Waals surface area contributed by atoms with Crippen molar-refractivity contribution in [3.8, 4) is 5.75 Å². The van der Waals surface area contributed by atoms with E-state index in [2.05, 4.69) is 9.88 Å². The van der Waals surface area contributed by atoms with E-state index in [0.717, 1.165) is 10.9 Å². The van der Waals surface area contributed by atoms with Crippen molar-refractivity contribution in [3.63, 3.8) is 0 Å². The molecule has 30 heavy (non-hydrogen) atoms. The van der Waals surface area contributed by atoms with Crippen LogP contribution in [-0.4, -0.2) is 54.0 Å². The van der Waals surface area contributed by atoms with Crippen LogP contribution in [0.1, 0.15) is 21.6 Å². The number of rotatable bonds is 4. The van der Waals surface area contributed by atoms with Gasteiger partial charge in [-0.1, -0.05) is 6.07 Å². The van der Waals surface area contributed by atoms with Gasteiger partial charge in [0.1, 0.15) is 5.82 Å². The number of piperazine rings is 1. The summed E-state index contributed by atoms with van der Waals surface area (Å²) in [6.07, 6.45) is 0. The number of halogens is 2. The van der Waals surface area contributed by atoms with Crippen molar-refractivity contribution in [1.82, 2.24) is 14.8 Å². The zero-order valence-electron chi connectivity index (χ0n) is 17.0. The van der Waals surface area contributed by atoms with Crippen LogP contribution in [0.3, 0.4) is 0 Å². The number of aromatic nitrogens is 1. The van der Waals surface area contributed by atoms with E-state index in [0.29, 0.717) is 49.5 Å². The van der Waals surface area contributed by atoms with Gasteiger partial charge in [0.05, 0.1) is 23.9 Å². The number of pyridine rings is 1. The Balaban J connectivity index is 1.42. The predicted octanol–water partition coefficient (Wildman–Crippen LogP) is 3.79. The summed E-state index contributed by atoms with van der Waals surface area (Å²) in [6.45, 7) is 4.95. The fourth-order valence-electron chi connectivity index (χ4n) is 3.80. The van der Waals surface area contributed by atoms with Gasteiger partial charge in [0.2, 0.25) is 0 Å². The van der Waals surface area contributed by atoms with Crippen LogP contribution >= 0.6 is 0 Å². The molecule has 2 aromatic carbocycles. The summed E-state index contributed by atoms with van der Waals surface area (Å²) in [5, 5.41) is 0.741. The number of amides is 1. The molecule has 0 aliphatic carbocycles. The van der Waals surface area contributed by atoms with E-state index in [1.165, 1.54) is 25.3 Å². The molecule has 0 atom stereocenters. The number of hydrogen-bond donors (Lipinski definition) is 0. The molecular weight excluding hydrogens is 388 g/mol. The quantitative estimate of drug-likeness (QED) is 0.655. The molecule has 0 radical (unpaired) electrons. The second kappa shape index (κ2) is 8.36. The van der Waals surface area contributed by atoms with Crippen LogP contribution in [0.25, 0.3) is 10.9 Å². The van der Waals surface area contributed by atoms with Gasteiger partial charge in [-0.2, -0.15) is 0 Å². The van der Waals surface area contributed by atoms with Crippen molar-refractivity contribution >= 4 is 16.8 Å². The largest absolute Gasteiger partial charge is 0.494 e. The molecule has 7 heteroatoms. The number of fused-ring (bicyclic) bond motifs is 1. The Morgan fingerprint density at radius 3 is 2.53 bits per heavy atom. The summed E-state index contributed by atoms with van der Waals surface area (Å²) < 4.78 is 32.3. The van der Waals surface area contributed by atoms with E-state index >= 15 is 0 Å². The predicted molar refractivity (Wildman–Crippen MR) is 111 cm³/mol. The van der Waals surface area contributed by atoms with Crippen molar-refractivity contribution in [2.75, 3.05) is 33.3 Å². The smallest absolute Gasteiger partial charge is 0.255 e. The van der Waals surface area contributed by atoms with Crippen LogP contribution in [-0.2, 0) is 6.54 Å². The van der Waals surface area contributed by atoms with Crippen LogP contribution < -0.4 is 4.74 Å². The third-order valence-electron chi connectivity index (χ3n) is 5.48. The standard InChI is InChI=1S/C23H23F2N3O2/c1-15-19(12-17-4-5-18(24)13-21(17)26-15)23(29)28-9-7-27(8-10-28)14-16-3-6-22(30-2)20(25)11-16/h3-6,11-13H,7-10,14H2,1-2H3. The van der Waals surface area contributed by atoms with Gasteiger partial charge in [-0.25, -0.2) is 8.78 Å². The van der Waals surface area contributed by atoms with E-state index in [1.54, 1.807) is 25.1 Å². The minimum absolute atomic E-state index is 0.0682. The van der Waals surface area contributed by atoms with Crippen LogP contribution in [0.5, 0.6) is 5.75 Å². The first-order valence-electron chi connectivity index (χ1n) is 9.85. The molecule has 1 aromatic heterocycles. The van der Waals surface area contributed by atoms with Gasteiger partial charge in [-0.05, 0) is 42.8 Å². The van der Waals surface area contributed by atoms with E-state index in [1.807, 2.05) is 11.0 Å². The molecule has 3 aromatic rings. The number of benzene rings is 2. The Kier molecular flexibility index (Phi) is 5.63. The molecule has 0 spiro atoms. The van der Waals surface area contributed by atoms with Crippen molar-refractivity contribution < 1.29 is 18.3 Å². The molecule has 1 aliphatic heterocycles. The molecule has 5 nitrogen and oxygen atoms in total. The Bertz CT molecular complexity index is 1100. The van der Waals surface area contributed by atoms with E-state index in [9.17, 15) is 13.6 Å². The third kappa shape index (κ3) is 4.11. The zero-order valence-corrected chi connectivity index (χ0v) is 17.0. The Labute approximate surface area is 173 Å². The first kappa shape index (κ1) is 20.2. The van der Waals surface area contributed by atoms with Gasteiger partial charge in [-0.3, -0.25) is 14.7 Å². The van der Waals surface area contributed by atoms with Gasteiger partial charge in [0, 0.05) is 44.2 Å². The van der Waals surface area contributed by atoms with Gasteiger partial charge in [0.15, 0.2) is 11.6 Å².